The summed E-state index contributed by atoms with van der Waals surface area (Å²) in [7, 11) is 2.69. The molecule has 2 aliphatic rings. The van der Waals surface area contributed by atoms with E-state index in [9.17, 15) is 9.59 Å². The number of rotatable bonds is 4. The van der Waals surface area contributed by atoms with E-state index in [1.807, 2.05) is 44.2 Å². The Kier molecular flexibility index (Phi) is 6.52. The van der Waals surface area contributed by atoms with Crippen LogP contribution in [0, 0.1) is 0 Å². The first-order chi connectivity index (χ1) is 12.4. The lowest BCUT2D eigenvalue weighted by molar-refractivity contribution is -0.146. The molecule has 0 radical (unpaired) electrons. The van der Waals surface area contributed by atoms with Gasteiger partial charge in [-0.05, 0) is 19.4 Å². The Morgan fingerprint density at radius 2 is 1.92 bits per heavy atom. The van der Waals surface area contributed by atoms with Crippen molar-refractivity contribution in [3.8, 4) is 0 Å². The summed E-state index contributed by atoms with van der Waals surface area (Å²) in [6.07, 6.45) is 0. The maximum absolute atomic E-state index is 12.7. The van der Waals surface area contributed by atoms with Crippen LogP contribution in [0.2, 0.25) is 0 Å². The Morgan fingerprint density at radius 1 is 1.31 bits per heavy atom. The van der Waals surface area contributed by atoms with Crippen LogP contribution in [-0.2, 0) is 25.6 Å². The molecule has 0 aromatic heterocycles. The number of nitrogens with zero attached hydrogens (tertiary/aromatic N) is 2. The number of urea groups is 1. The number of thioether (sulfide) groups is 1. The zero-order valence-corrected chi connectivity index (χ0v) is 16.2. The van der Waals surface area contributed by atoms with Crippen LogP contribution in [0.15, 0.2) is 30.3 Å². The van der Waals surface area contributed by atoms with Gasteiger partial charge in [0.05, 0.1) is 26.1 Å². The zero-order chi connectivity index (χ0) is 19.3. The smallest absolute Gasteiger partial charge is 0.330 e. The summed E-state index contributed by atoms with van der Waals surface area (Å²) in [6, 6.07) is 9.29. The molecule has 2 atom stereocenters. The molecule has 2 aliphatic heterocycles. The second kappa shape index (κ2) is 8.44. The molecule has 3 rings (SSSR count). The SMILES string of the molecule is COC(=O)[C@@H]1N2C(=O)N(Cc3ccccc3)CC2SC1(C)C.COC=O. The molecule has 8 heteroatoms. The van der Waals surface area contributed by atoms with Crippen LogP contribution in [0.5, 0.6) is 0 Å². The fourth-order valence-electron chi connectivity index (χ4n) is 3.21. The Balaban J connectivity index is 0.000000552. The van der Waals surface area contributed by atoms with E-state index >= 15 is 0 Å². The summed E-state index contributed by atoms with van der Waals surface area (Å²) >= 11 is 1.67. The molecule has 2 saturated heterocycles. The van der Waals surface area contributed by atoms with E-state index in [1.165, 1.54) is 14.2 Å². The first-order valence-electron chi connectivity index (χ1n) is 8.19. The van der Waals surface area contributed by atoms with Gasteiger partial charge in [-0.1, -0.05) is 30.3 Å². The van der Waals surface area contributed by atoms with Crippen LogP contribution >= 0.6 is 11.8 Å². The third-order valence-corrected chi connectivity index (χ3v) is 5.77. The zero-order valence-electron chi connectivity index (χ0n) is 15.4. The molecule has 0 saturated carbocycles. The van der Waals surface area contributed by atoms with Gasteiger partial charge in [-0.2, -0.15) is 0 Å². The van der Waals surface area contributed by atoms with Gasteiger partial charge in [0, 0.05) is 11.3 Å². The van der Waals surface area contributed by atoms with E-state index in [2.05, 4.69) is 4.74 Å². The van der Waals surface area contributed by atoms with Gasteiger partial charge < -0.3 is 14.4 Å². The minimum Gasteiger partial charge on any atom is -0.471 e. The minimum absolute atomic E-state index is 0.00955. The monoisotopic (exact) mass is 380 g/mol. The largest absolute Gasteiger partial charge is 0.471 e. The minimum atomic E-state index is -0.527. The fourth-order valence-corrected chi connectivity index (χ4v) is 4.83. The lowest BCUT2D eigenvalue weighted by atomic mass is 10.0. The van der Waals surface area contributed by atoms with Crippen LogP contribution in [0.4, 0.5) is 4.79 Å². The summed E-state index contributed by atoms with van der Waals surface area (Å²) in [5.41, 5.74) is 1.09. The van der Waals surface area contributed by atoms with Gasteiger partial charge in [-0.3, -0.25) is 9.69 Å². The number of carbonyl (C=O) groups is 3. The maximum atomic E-state index is 12.7. The highest BCUT2D eigenvalue weighted by molar-refractivity contribution is 8.01. The van der Waals surface area contributed by atoms with Crippen LogP contribution in [0.1, 0.15) is 19.4 Å². The Labute approximate surface area is 157 Å². The van der Waals surface area contributed by atoms with Crippen molar-refractivity contribution in [2.75, 3.05) is 20.8 Å². The topological polar surface area (TPSA) is 76.2 Å². The van der Waals surface area contributed by atoms with Crippen molar-refractivity contribution in [3.63, 3.8) is 0 Å². The van der Waals surface area contributed by atoms with Gasteiger partial charge in [-0.25, -0.2) is 9.59 Å². The van der Waals surface area contributed by atoms with Crippen molar-refractivity contribution in [2.24, 2.45) is 0 Å². The number of esters is 1. The van der Waals surface area contributed by atoms with E-state index in [1.54, 1.807) is 21.6 Å². The van der Waals surface area contributed by atoms with Crippen molar-refractivity contribution in [3.05, 3.63) is 35.9 Å². The molecule has 1 aromatic carbocycles. The third-order valence-electron chi connectivity index (χ3n) is 4.29. The second-order valence-corrected chi connectivity index (χ2v) is 8.32. The predicted octanol–water partition coefficient (Wildman–Crippen LogP) is 2.11. The molecule has 1 unspecified atom stereocenters. The first kappa shape index (κ1) is 20.1. The summed E-state index contributed by atoms with van der Waals surface area (Å²) in [6.45, 7) is 5.57. The van der Waals surface area contributed by atoms with Crippen LogP contribution in [0.25, 0.3) is 0 Å². The van der Waals surface area contributed by atoms with Gasteiger partial charge in [0.2, 0.25) is 0 Å². The molecule has 2 fully saturated rings. The van der Waals surface area contributed by atoms with Crippen molar-refractivity contribution in [2.45, 2.75) is 36.6 Å². The molecule has 0 N–H and O–H groups in total. The molecule has 0 bridgehead atoms. The number of hydrogen-bond acceptors (Lipinski definition) is 6. The number of benzene rings is 1. The van der Waals surface area contributed by atoms with E-state index in [0.29, 0.717) is 19.6 Å². The lowest BCUT2D eigenvalue weighted by Gasteiger charge is -2.29. The van der Waals surface area contributed by atoms with Crippen molar-refractivity contribution in [1.82, 2.24) is 9.80 Å². The fraction of sp³-hybridized carbons (Fsp3) is 0.500. The number of amides is 2. The molecule has 26 heavy (non-hydrogen) atoms. The number of methoxy groups -OCH3 is 2. The maximum Gasteiger partial charge on any atom is 0.330 e. The van der Waals surface area contributed by atoms with Gasteiger partial charge in [0.15, 0.2) is 0 Å². The molecule has 1 aromatic rings. The lowest BCUT2D eigenvalue weighted by Crippen LogP contribution is -2.50. The average Bonchev–Trinajstić information content (AvgIpc) is 3.06. The second-order valence-electron chi connectivity index (χ2n) is 6.49. The van der Waals surface area contributed by atoms with Crippen molar-refractivity contribution >= 4 is 30.2 Å². The molecular formula is C18H24N2O5S. The van der Waals surface area contributed by atoms with Crippen LogP contribution < -0.4 is 0 Å². The van der Waals surface area contributed by atoms with Crippen LogP contribution in [-0.4, -0.2) is 65.2 Å². The highest BCUT2D eigenvalue weighted by atomic mass is 32.2. The summed E-state index contributed by atoms with van der Waals surface area (Å²) < 4.78 is 8.45. The van der Waals surface area contributed by atoms with Crippen molar-refractivity contribution in [1.29, 1.82) is 0 Å². The Hall–Kier alpha value is -2.22. The van der Waals surface area contributed by atoms with Crippen molar-refractivity contribution < 1.29 is 23.9 Å². The molecule has 2 amide bonds. The quantitative estimate of drug-likeness (QED) is 0.588. The summed E-state index contributed by atoms with van der Waals surface area (Å²) in [4.78, 5) is 37.3. The van der Waals surface area contributed by atoms with Gasteiger partial charge in [0.25, 0.3) is 6.47 Å². The standard InChI is InChI=1S/C16H20N2O3S.C2H4O2/c1-16(2)13(14(19)21-3)18-12(22-16)10-17(15(18)20)9-11-7-5-4-6-8-11;1-4-2-3/h4-8,12-13H,9-10H2,1-3H3;2H,1H3/t12?,13-;/m0./s1. The highest BCUT2D eigenvalue weighted by Crippen LogP contribution is 2.48. The highest BCUT2D eigenvalue weighted by Gasteiger charge is 2.58. The summed E-state index contributed by atoms with van der Waals surface area (Å²) in [5.74, 6) is -0.338. The number of carbonyl (C=O) groups excluding carboxylic acids is 3. The third kappa shape index (κ3) is 4.12. The number of fused-ring (bicyclic) bond motifs is 1. The first-order valence-corrected chi connectivity index (χ1v) is 9.07. The van der Waals surface area contributed by atoms with E-state index in [0.717, 1.165) is 5.56 Å². The Morgan fingerprint density at radius 3 is 2.46 bits per heavy atom. The predicted molar refractivity (Wildman–Crippen MR) is 98.4 cm³/mol. The van der Waals surface area contributed by atoms with Crippen LogP contribution in [0.3, 0.4) is 0 Å². The average molecular weight is 380 g/mol. The normalized spacial score (nSPS) is 23.0. The molecule has 7 nitrogen and oxygen atoms in total. The van der Waals surface area contributed by atoms with Gasteiger partial charge >= 0.3 is 12.0 Å². The molecule has 142 valence electrons. The molecule has 2 heterocycles. The number of ether oxygens (including phenoxy) is 2. The number of hydrogen-bond donors (Lipinski definition) is 0. The molecular weight excluding hydrogens is 356 g/mol. The summed E-state index contributed by atoms with van der Waals surface area (Å²) in [5, 5.41) is 0.00955. The van der Waals surface area contributed by atoms with Gasteiger partial charge in [-0.15, -0.1) is 11.8 Å². The van der Waals surface area contributed by atoms with E-state index in [-0.39, 0.29) is 22.1 Å². The van der Waals surface area contributed by atoms with E-state index < -0.39 is 6.04 Å². The Bertz CT molecular complexity index is 652. The van der Waals surface area contributed by atoms with Gasteiger partial charge in [0.1, 0.15) is 6.04 Å². The molecule has 0 aliphatic carbocycles. The van der Waals surface area contributed by atoms with E-state index in [4.69, 9.17) is 9.53 Å². The molecule has 0 spiro atoms.